The van der Waals surface area contributed by atoms with Crippen molar-refractivity contribution >= 4 is 53.7 Å². The summed E-state index contributed by atoms with van der Waals surface area (Å²) in [5.74, 6) is 0. The molecular formula is C22H16N2O5S. The van der Waals surface area contributed by atoms with Crippen molar-refractivity contribution in [3.05, 3.63) is 75.0 Å². The van der Waals surface area contributed by atoms with Crippen LogP contribution in [0.15, 0.2) is 69.1 Å². The van der Waals surface area contributed by atoms with Crippen molar-refractivity contribution in [1.29, 1.82) is 0 Å². The maximum absolute atomic E-state index is 13.2. The summed E-state index contributed by atoms with van der Waals surface area (Å²) in [6.45, 7) is 0. The van der Waals surface area contributed by atoms with Crippen LogP contribution in [0.5, 0.6) is 0 Å². The second-order valence-electron chi connectivity index (χ2n) is 7.33. The van der Waals surface area contributed by atoms with Crippen LogP contribution >= 0.6 is 0 Å². The van der Waals surface area contributed by atoms with Gasteiger partial charge < -0.3 is 9.13 Å². The van der Waals surface area contributed by atoms with Crippen LogP contribution < -0.4 is 10.9 Å². The Labute approximate surface area is 170 Å². The highest BCUT2D eigenvalue weighted by molar-refractivity contribution is 7.85. The maximum atomic E-state index is 13.2. The van der Waals surface area contributed by atoms with Gasteiger partial charge in [0.15, 0.2) is 10.9 Å². The van der Waals surface area contributed by atoms with Gasteiger partial charge in [0, 0.05) is 35.6 Å². The number of fused-ring (bicyclic) bond motifs is 4. The zero-order valence-corrected chi connectivity index (χ0v) is 16.9. The fourth-order valence-corrected chi connectivity index (χ4v) is 4.65. The second-order valence-corrected chi connectivity index (χ2v) is 8.76. The fourth-order valence-electron chi connectivity index (χ4n) is 4.14. The molecule has 0 spiro atoms. The lowest BCUT2D eigenvalue weighted by Crippen LogP contribution is -2.13. The summed E-state index contributed by atoms with van der Waals surface area (Å²) in [5.41, 5.74) is 1.84. The SMILES string of the molecule is Cn1c2ccccc2c(=O)c2cc3c(cc21)c(=O)c1ccc(S(=O)(=O)O)cc1n3C. The highest BCUT2D eigenvalue weighted by Gasteiger charge is 2.17. The Balaban J connectivity index is 2.03. The lowest BCUT2D eigenvalue weighted by atomic mass is 10.0. The van der Waals surface area contributed by atoms with Crippen LogP contribution in [0.1, 0.15) is 0 Å². The van der Waals surface area contributed by atoms with Gasteiger partial charge in [-0.2, -0.15) is 8.42 Å². The average Bonchev–Trinajstić information content (AvgIpc) is 2.74. The standard InChI is InChI=1S/C22H16N2O5S/c1-23-17-6-4-3-5-13(17)21(25)15-11-20-16(10-19(15)23)22(26)14-8-7-12(30(27,28)29)9-18(14)24(20)2/h3-11H,1-2H3,(H,27,28,29). The normalized spacial score (nSPS) is 12.4. The number of aromatic nitrogens is 2. The van der Waals surface area contributed by atoms with Crippen LogP contribution in [0.25, 0.3) is 43.6 Å². The molecule has 5 aromatic rings. The molecule has 0 fully saturated rings. The van der Waals surface area contributed by atoms with Gasteiger partial charge in [-0.05, 0) is 42.5 Å². The van der Waals surface area contributed by atoms with Crippen molar-refractivity contribution in [1.82, 2.24) is 9.13 Å². The van der Waals surface area contributed by atoms with Crippen molar-refractivity contribution in [2.75, 3.05) is 0 Å². The van der Waals surface area contributed by atoms with Gasteiger partial charge in [0.1, 0.15) is 0 Å². The second kappa shape index (κ2) is 6.01. The predicted molar refractivity (Wildman–Crippen MR) is 117 cm³/mol. The molecule has 0 saturated heterocycles. The summed E-state index contributed by atoms with van der Waals surface area (Å²) >= 11 is 0. The first-order valence-electron chi connectivity index (χ1n) is 9.14. The molecule has 7 nitrogen and oxygen atoms in total. The number of hydrogen-bond donors (Lipinski definition) is 1. The van der Waals surface area contributed by atoms with Gasteiger partial charge in [0.25, 0.3) is 10.1 Å². The monoisotopic (exact) mass is 420 g/mol. The van der Waals surface area contributed by atoms with Crippen molar-refractivity contribution in [2.45, 2.75) is 4.90 Å². The zero-order valence-electron chi connectivity index (χ0n) is 16.1. The minimum absolute atomic E-state index is 0.139. The molecule has 30 heavy (non-hydrogen) atoms. The van der Waals surface area contributed by atoms with E-state index < -0.39 is 10.1 Å². The first-order valence-corrected chi connectivity index (χ1v) is 10.6. The number of para-hydroxylation sites is 1. The Kier molecular flexibility index (Phi) is 3.71. The van der Waals surface area contributed by atoms with E-state index in [-0.39, 0.29) is 15.8 Å². The lowest BCUT2D eigenvalue weighted by molar-refractivity contribution is 0.483. The molecule has 1 N–H and O–H groups in total. The first kappa shape index (κ1) is 18.5. The van der Waals surface area contributed by atoms with Crippen LogP contribution in [0, 0.1) is 0 Å². The summed E-state index contributed by atoms with van der Waals surface area (Å²) in [6.07, 6.45) is 0. The minimum atomic E-state index is -4.42. The predicted octanol–water partition coefficient (Wildman–Crippen LogP) is 2.94. The molecule has 0 saturated carbocycles. The highest BCUT2D eigenvalue weighted by Crippen LogP contribution is 2.26. The van der Waals surface area contributed by atoms with E-state index in [1.54, 1.807) is 35.9 Å². The molecule has 5 rings (SSSR count). The van der Waals surface area contributed by atoms with Crippen LogP contribution in [-0.4, -0.2) is 22.1 Å². The molecule has 3 aromatic carbocycles. The molecule has 150 valence electrons. The van der Waals surface area contributed by atoms with E-state index in [1.165, 1.54) is 18.2 Å². The van der Waals surface area contributed by atoms with Gasteiger partial charge in [0.2, 0.25) is 0 Å². The van der Waals surface area contributed by atoms with E-state index in [2.05, 4.69) is 0 Å². The molecule has 0 radical (unpaired) electrons. The minimum Gasteiger partial charge on any atom is -0.343 e. The smallest absolute Gasteiger partial charge is 0.294 e. The molecule has 0 amide bonds. The van der Waals surface area contributed by atoms with E-state index in [1.807, 2.05) is 23.7 Å². The molecule has 2 aromatic heterocycles. The third-order valence-electron chi connectivity index (χ3n) is 5.71. The molecule has 0 aliphatic rings. The quantitative estimate of drug-likeness (QED) is 0.332. The molecule has 0 unspecified atom stereocenters. The Hall–Kier alpha value is -3.49. The molecule has 8 heteroatoms. The van der Waals surface area contributed by atoms with E-state index in [0.29, 0.717) is 38.1 Å². The van der Waals surface area contributed by atoms with Gasteiger partial charge >= 0.3 is 0 Å². The van der Waals surface area contributed by atoms with Crippen LogP contribution in [0.3, 0.4) is 0 Å². The van der Waals surface area contributed by atoms with Gasteiger partial charge in [-0.3, -0.25) is 14.1 Å². The van der Waals surface area contributed by atoms with Gasteiger partial charge in [-0.15, -0.1) is 0 Å². The van der Waals surface area contributed by atoms with Crippen molar-refractivity contribution in [2.24, 2.45) is 14.1 Å². The number of benzene rings is 3. The highest BCUT2D eigenvalue weighted by atomic mass is 32.2. The van der Waals surface area contributed by atoms with E-state index in [9.17, 15) is 22.6 Å². The summed E-state index contributed by atoms with van der Waals surface area (Å²) in [6, 6.07) is 14.5. The Bertz CT molecular complexity index is 1780. The van der Waals surface area contributed by atoms with Crippen molar-refractivity contribution < 1.29 is 13.0 Å². The molecule has 2 heterocycles. The Morgan fingerprint density at radius 2 is 1.17 bits per heavy atom. The third-order valence-corrected chi connectivity index (χ3v) is 6.56. The third kappa shape index (κ3) is 2.44. The number of rotatable bonds is 1. The molecule has 0 aliphatic carbocycles. The molecular weight excluding hydrogens is 404 g/mol. The van der Waals surface area contributed by atoms with Crippen molar-refractivity contribution in [3.63, 3.8) is 0 Å². The van der Waals surface area contributed by atoms with Crippen LogP contribution in [-0.2, 0) is 24.2 Å². The number of hydrogen-bond acceptors (Lipinski definition) is 4. The molecule has 0 bridgehead atoms. The summed E-state index contributed by atoms with van der Waals surface area (Å²) in [5, 5.41) is 1.78. The van der Waals surface area contributed by atoms with Gasteiger partial charge in [-0.25, -0.2) is 0 Å². The average molecular weight is 420 g/mol. The topological polar surface area (TPSA) is 98.4 Å². The summed E-state index contributed by atoms with van der Waals surface area (Å²) in [4.78, 5) is 26.0. The lowest BCUT2D eigenvalue weighted by Gasteiger charge is -2.15. The van der Waals surface area contributed by atoms with E-state index in [0.717, 1.165) is 5.52 Å². The zero-order chi connectivity index (χ0) is 21.4. The van der Waals surface area contributed by atoms with Crippen LogP contribution in [0.4, 0.5) is 0 Å². The fraction of sp³-hybridized carbons (Fsp3) is 0.0909. The number of pyridine rings is 2. The Morgan fingerprint density at radius 3 is 1.77 bits per heavy atom. The Morgan fingerprint density at radius 1 is 0.667 bits per heavy atom. The number of aryl methyl sites for hydroxylation is 2. The molecule has 0 aliphatic heterocycles. The maximum Gasteiger partial charge on any atom is 0.294 e. The first-order chi connectivity index (χ1) is 14.2. The van der Waals surface area contributed by atoms with E-state index in [4.69, 9.17) is 0 Å². The largest absolute Gasteiger partial charge is 0.343 e. The van der Waals surface area contributed by atoms with Gasteiger partial charge in [0.05, 0.1) is 27.0 Å². The number of nitrogens with zero attached hydrogens (tertiary/aromatic N) is 2. The van der Waals surface area contributed by atoms with Crippen LogP contribution in [0.2, 0.25) is 0 Å². The van der Waals surface area contributed by atoms with E-state index >= 15 is 0 Å². The summed E-state index contributed by atoms with van der Waals surface area (Å²) < 4.78 is 36.0. The van der Waals surface area contributed by atoms with Crippen molar-refractivity contribution in [3.8, 4) is 0 Å². The van der Waals surface area contributed by atoms with Gasteiger partial charge in [-0.1, -0.05) is 12.1 Å². The molecule has 0 atom stereocenters. The summed E-state index contributed by atoms with van der Waals surface area (Å²) in [7, 11) is -0.880.